The summed E-state index contributed by atoms with van der Waals surface area (Å²) in [4.78, 5) is 21.1. The number of carbonyl (C=O) groups is 2. The van der Waals surface area contributed by atoms with Crippen LogP contribution in [0.25, 0.3) is 0 Å². The lowest BCUT2D eigenvalue weighted by Gasteiger charge is -2.03. The third kappa shape index (κ3) is 2.30. The number of benzene rings is 1. The van der Waals surface area contributed by atoms with E-state index in [1.54, 1.807) is 31.2 Å². The van der Waals surface area contributed by atoms with Crippen LogP contribution >= 0.6 is 0 Å². The van der Waals surface area contributed by atoms with Gasteiger partial charge >= 0.3 is 11.9 Å². The number of ether oxygens (including phenoxy) is 1. The van der Waals surface area contributed by atoms with Crippen molar-refractivity contribution < 1.29 is 14.3 Å². The van der Waals surface area contributed by atoms with Crippen molar-refractivity contribution in [1.82, 2.24) is 0 Å². The van der Waals surface area contributed by atoms with Gasteiger partial charge in [0.25, 0.3) is 0 Å². The fourth-order valence-electron chi connectivity index (χ4n) is 0.821. The molecule has 1 amide bonds. The molecular formula is C9H9NO3. The van der Waals surface area contributed by atoms with Gasteiger partial charge in [-0.1, -0.05) is 18.2 Å². The molecule has 0 atom stereocenters. The summed E-state index contributed by atoms with van der Waals surface area (Å²) in [5.74, 6) is -1.79. The molecule has 0 bridgehead atoms. The topological polar surface area (TPSA) is 69.4 Å². The average Bonchev–Trinajstić information content (AvgIpc) is 2.08. The highest BCUT2D eigenvalue weighted by atomic mass is 16.5. The van der Waals surface area contributed by atoms with Crippen LogP contribution in [0.1, 0.15) is 5.56 Å². The van der Waals surface area contributed by atoms with Gasteiger partial charge in [0.1, 0.15) is 5.75 Å². The fraction of sp³-hybridized carbons (Fsp3) is 0.111. The number of carbonyl (C=O) groups excluding carboxylic acids is 2. The van der Waals surface area contributed by atoms with Crippen LogP contribution in [0.15, 0.2) is 24.3 Å². The number of rotatable bonds is 1. The molecule has 0 aliphatic carbocycles. The molecule has 1 aromatic carbocycles. The largest absolute Gasteiger partial charge is 0.419 e. The molecule has 4 nitrogen and oxygen atoms in total. The van der Waals surface area contributed by atoms with Crippen molar-refractivity contribution in [3.8, 4) is 5.75 Å². The van der Waals surface area contributed by atoms with Gasteiger partial charge in [-0.2, -0.15) is 0 Å². The first-order chi connectivity index (χ1) is 6.11. The molecule has 0 radical (unpaired) electrons. The summed E-state index contributed by atoms with van der Waals surface area (Å²) in [6.45, 7) is 1.77. The Bertz CT molecular complexity index is 346. The number of hydrogen-bond donors (Lipinski definition) is 1. The standard InChI is InChI=1S/C9H9NO3/c1-6-4-2-3-5-7(6)13-9(12)8(10)11/h2-5H,1H3,(H2,10,11). The summed E-state index contributed by atoms with van der Waals surface area (Å²) in [6.07, 6.45) is 0. The first kappa shape index (κ1) is 9.25. The van der Waals surface area contributed by atoms with E-state index in [4.69, 9.17) is 10.5 Å². The van der Waals surface area contributed by atoms with E-state index in [1.165, 1.54) is 0 Å². The van der Waals surface area contributed by atoms with Crippen LogP contribution in [-0.2, 0) is 9.59 Å². The van der Waals surface area contributed by atoms with E-state index in [2.05, 4.69) is 0 Å². The van der Waals surface area contributed by atoms with Crippen molar-refractivity contribution in [3.05, 3.63) is 29.8 Å². The van der Waals surface area contributed by atoms with E-state index >= 15 is 0 Å². The smallest absolute Gasteiger partial charge is 0.401 e. The molecule has 0 spiro atoms. The van der Waals surface area contributed by atoms with Crippen LogP contribution in [0, 0.1) is 6.92 Å². The average molecular weight is 179 g/mol. The molecule has 1 rings (SSSR count). The maximum Gasteiger partial charge on any atom is 0.401 e. The van der Waals surface area contributed by atoms with Gasteiger partial charge < -0.3 is 10.5 Å². The number of primary amides is 1. The summed E-state index contributed by atoms with van der Waals surface area (Å²) in [5, 5.41) is 0. The Kier molecular flexibility index (Phi) is 2.64. The maximum absolute atomic E-state index is 10.8. The Balaban J connectivity index is 2.81. The Labute approximate surface area is 75.3 Å². The highest BCUT2D eigenvalue weighted by Gasteiger charge is 2.12. The second-order valence-corrected chi connectivity index (χ2v) is 2.52. The zero-order valence-corrected chi connectivity index (χ0v) is 7.11. The number of amides is 1. The normalized spacial score (nSPS) is 9.31. The maximum atomic E-state index is 10.8. The molecule has 1 aromatic rings. The molecule has 0 aromatic heterocycles. The Morgan fingerprint density at radius 1 is 1.31 bits per heavy atom. The second-order valence-electron chi connectivity index (χ2n) is 2.52. The lowest BCUT2D eigenvalue weighted by Crippen LogP contribution is -2.27. The van der Waals surface area contributed by atoms with E-state index in [1.807, 2.05) is 0 Å². The number of esters is 1. The molecule has 0 saturated carbocycles. The van der Waals surface area contributed by atoms with Crippen molar-refractivity contribution in [2.45, 2.75) is 6.92 Å². The second kappa shape index (κ2) is 3.71. The van der Waals surface area contributed by atoms with E-state index in [9.17, 15) is 9.59 Å². The fourth-order valence-corrected chi connectivity index (χ4v) is 0.821. The molecule has 0 fully saturated rings. The van der Waals surface area contributed by atoms with Crippen LogP contribution in [-0.4, -0.2) is 11.9 Å². The predicted molar refractivity (Wildman–Crippen MR) is 46.0 cm³/mol. The predicted octanol–water partition coefficient (Wildman–Crippen LogP) is 0.386. The first-order valence-corrected chi connectivity index (χ1v) is 3.68. The molecule has 13 heavy (non-hydrogen) atoms. The summed E-state index contributed by atoms with van der Waals surface area (Å²) in [6, 6.07) is 6.87. The molecule has 0 saturated heterocycles. The van der Waals surface area contributed by atoms with Crippen LogP contribution in [0.2, 0.25) is 0 Å². The Morgan fingerprint density at radius 3 is 2.46 bits per heavy atom. The molecular weight excluding hydrogens is 170 g/mol. The van der Waals surface area contributed by atoms with Crippen LogP contribution < -0.4 is 10.5 Å². The highest BCUT2D eigenvalue weighted by molar-refractivity contribution is 6.32. The summed E-state index contributed by atoms with van der Waals surface area (Å²) in [7, 11) is 0. The molecule has 0 unspecified atom stereocenters. The summed E-state index contributed by atoms with van der Waals surface area (Å²) < 4.78 is 4.69. The third-order valence-corrected chi connectivity index (χ3v) is 1.50. The number of nitrogens with two attached hydrogens (primary N) is 1. The first-order valence-electron chi connectivity index (χ1n) is 3.68. The minimum atomic E-state index is -1.09. The van der Waals surface area contributed by atoms with Gasteiger partial charge in [0.05, 0.1) is 0 Å². The minimum Gasteiger partial charge on any atom is -0.419 e. The van der Waals surface area contributed by atoms with E-state index in [0.29, 0.717) is 5.75 Å². The monoisotopic (exact) mass is 179 g/mol. The van der Waals surface area contributed by atoms with Gasteiger partial charge in [-0.15, -0.1) is 0 Å². The molecule has 0 aliphatic rings. The van der Waals surface area contributed by atoms with E-state index in [-0.39, 0.29) is 0 Å². The van der Waals surface area contributed by atoms with Crippen LogP contribution in [0.3, 0.4) is 0 Å². The molecule has 0 aliphatic heterocycles. The molecule has 2 N–H and O–H groups in total. The van der Waals surface area contributed by atoms with Crippen molar-refractivity contribution in [2.75, 3.05) is 0 Å². The highest BCUT2D eigenvalue weighted by Crippen LogP contribution is 2.15. The summed E-state index contributed by atoms with van der Waals surface area (Å²) in [5.41, 5.74) is 5.50. The van der Waals surface area contributed by atoms with Crippen molar-refractivity contribution in [1.29, 1.82) is 0 Å². The zero-order chi connectivity index (χ0) is 9.84. The van der Waals surface area contributed by atoms with E-state index < -0.39 is 11.9 Å². The zero-order valence-electron chi connectivity index (χ0n) is 7.11. The van der Waals surface area contributed by atoms with Crippen molar-refractivity contribution in [2.24, 2.45) is 5.73 Å². The van der Waals surface area contributed by atoms with Gasteiger partial charge in [-0.3, -0.25) is 4.79 Å². The number of para-hydroxylation sites is 1. The Hall–Kier alpha value is -1.84. The number of aryl methyl sites for hydroxylation is 1. The van der Waals surface area contributed by atoms with Gasteiger partial charge in [0.2, 0.25) is 0 Å². The van der Waals surface area contributed by atoms with Gasteiger partial charge in [-0.05, 0) is 18.6 Å². The van der Waals surface area contributed by atoms with Crippen molar-refractivity contribution in [3.63, 3.8) is 0 Å². The van der Waals surface area contributed by atoms with Gasteiger partial charge in [-0.25, -0.2) is 4.79 Å². The van der Waals surface area contributed by atoms with Crippen LogP contribution in [0.5, 0.6) is 5.75 Å². The quantitative estimate of drug-likeness (QED) is 0.385. The van der Waals surface area contributed by atoms with Crippen LogP contribution in [0.4, 0.5) is 0 Å². The van der Waals surface area contributed by atoms with Gasteiger partial charge in [0.15, 0.2) is 0 Å². The van der Waals surface area contributed by atoms with Crippen molar-refractivity contribution >= 4 is 11.9 Å². The molecule has 68 valence electrons. The van der Waals surface area contributed by atoms with Gasteiger partial charge in [0, 0.05) is 0 Å². The Morgan fingerprint density at radius 2 is 1.92 bits per heavy atom. The molecule has 0 heterocycles. The third-order valence-electron chi connectivity index (χ3n) is 1.50. The number of hydrogen-bond acceptors (Lipinski definition) is 3. The lowest BCUT2D eigenvalue weighted by molar-refractivity contribution is -0.146. The molecule has 4 heteroatoms. The lowest BCUT2D eigenvalue weighted by atomic mass is 10.2. The minimum absolute atomic E-state index is 0.353. The SMILES string of the molecule is Cc1ccccc1OC(=O)C(N)=O. The van der Waals surface area contributed by atoms with E-state index in [0.717, 1.165) is 5.56 Å². The summed E-state index contributed by atoms with van der Waals surface area (Å²) >= 11 is 0.